The second-order valence-corrected chi connectivity index (χ2v) is 4.74. The first-order valence-electron chi connectivity index (χ1n) is 6.73. The third-order valence-electron chi connectivity index (χ3n) is 3.19. The van der Waals surface area contributed by atoms with E-state index in [0.29, 0.717) is 5.56 Å². The van der Waals surface area contributed by atoms with Gasteiger partial charge in [0.2, 0.25) is 34.8 Å². The maximum atomic E-state index is 13.7. The van der Waals surface area contributed by atoms with Crippen molar-refractivity contribution in [1.29, 1.82) is 0 Å². The molecule has 0 unspecified atom stereocenters. The van der Waals surface area contributed by atoms with Gasteiger partial charge in [0.1, 0.15) is 0 Å². The Morgan fingerprint density at radius 1 is 0.880 bits per heavy atom. The predicted molar refractivity (Wildman–Crippen MR) is 75.0 cm³/mol. The molecule has 25 heavy (non-hydrogen) atoms. The third-order valence-corrected chi connectivity index (χ3v) is 3.19. The summed E-state index contributed by atoms with van der Waals surface area (Å²) in [5, 5.41) is 0. The number of carbonyl (C=O) groups excluding carboxylic acids is 1. The van der Waals surface area contributed by atoms with Gasteiger partial charge in [-0.25, -0.2) is 13.2 Å². The van der Waals surface area contributed by atoms with Crippen LogP contribution in [0.4, 0.5) is 22.0 Å². The van der Waals surface area contributed by atoms with Gasteiger partial charge in [-0.15, -0.1) is 0 Å². The number of benzene rings is 2. The lowest BCUT2D eigenvalue weighted by molar-refractivity contribution is -0.139. The molecule has 0 aliphatic rings. The zero-order chi connectivity index (χ0) is 18.7. The Bertz CT molecular complexity index is 794. The van der Waals surface area contributed by atoms with E-state index in [1.165, 1.54) is 26.4 Å². The number of esters is 1. The second-order valence-electron chi connectivity index (χ2n) is 4.74. The molecule has 0 spiro atoms. The minimum Gasteiger partial charge on any atom is -0.493 e. The van der Waals surface area contributed by atoms with Crippen LogP contribution in [0.1, 0.15) is 5.56 Å². The molecule has 0 radical (unpaired) electrons. The molecule has 0 saturated heterocycles. The quantitative estimate of drug-likeness (QED) is 0.350. The Morgan fingerprint density at radius 3 is 1.96 bits per heavy atom. The molecule has 2 aromatic rings. The normalized spacial score (nSPS) is 10.5. The van der Waals surface area contributed by atoms with Crippen LogP contribution in [0.25, 0.3) is 0 Å². The van der Waals surface area contributed by atoms with E-state index in [-0.39, 0.29) is 17.9 Å². The Labute approximate surface area is 138 Å². The van der Waals surface area contributed by atoms with Crippen LogP contribution in [0.5, 0.6) is 17.2 Å². The average Bonchev–Trinajstić information content (AvgIpc) is 2.62. The van der Waals surface area contributed by atoms with Gasteiger partial charge in [-0.1, -0.05) is 6.07 Å². The SMILES string of the molecule is COC(=O)Cc1ccc(Oc2c(F)c(F)c(F)c(F)c2F)c(OC)c1. The first-order valence-corrected chi connectivity index (χ1v) is 6.73. The molecular weight excluding hydrogens is 351 g/mol. The Morgan fingerprint density at radius 2 is 1.44 bits per heavy atom. The van der Waals surface area contributed by atoms with E-state index in [9.17, 15) is 26.7 Å². The van der Waals surface area contributed by atoms with Crippen LogP contribution in [0.2, 0.25) is 0 Å². The van der Waals surface area contributed by atoms with Gasteiger partial charge in [0.15, 0.2) is 11.5 Å². The summed E-state index contributed by atoms with van der Waals surface area (Å²) in [4.78, 5) is 11.2. The van der Waals surface area contributed by atoms with Crippen molar-refractivity contribution in [2.24, 2.45) is 0 Å². The highest BCUT2D eigenvalue weighted by Crippen LogP contribution is 2.37. The number of hydrogen-bond donors (Lipinski definition) is 0. The molecule has 0 aromatic heterocycles. The van der Waals surface area contributed by atoms with Crippen LogP contribution in [-0.4, -0.2) is 20.2 Å². The minimum absolute atomic E-state index is 0.0784. The minimum atomic E-state index is -2.29. The summed E-state index contributed by atoms with van der Waals surface area (Å²) in [7, 11) is 2.39. The fraction of sp³-hybridized carbons (Fsp3) is 0.188. The first-order chi connectivity index (χ1) is 11.8. The van der Waals surface area contributed by atoms with Crippen molar-refractivity contribution >= 4 is 5.97 Å². The highest BCUT2D eigenvalue weighted by atomic mass is 19.2. The van der Waals surface area contributed by atoms with Crippen LogP contribution in [-0.2, 0) is 16.0 Å². The highest BCUT2D eigenvalue weighted by molar-refractivity contribution is 5.72. The predicted octanol–water partition coefficient (Wildman–Crippen LogP) is 3.90. The molecule has 134 valence electrons. The fourth-order valence-electron chi connectivity index (χ4n) is 1.93. The lowest BCUT2D eigenvalue weighted by Crippen LogP contribution is -2.06. The summed E-state index contributed by atoms with van der Waals surface area (Å²) in [5.74, 6) is -13.2. The van der Waals surface area contributed by atoms with Crippen LogP contribution < -0.4 is 9.47 Å². The molecule has 0 aliphatic carbocycles. The highest BCUT2D eigenvalue weighted by Gasteiger charge is 2.28. The van der Waals surface area contributed by atoms with Crippen molar-refractivity contribution in [2.75, 3.05) is 14.2 Å². The summed E-state index contributed by atoms with van der Waals surface area (Å²) >= 11 is 0. The van der Waals surface area contributed by atoms with E-state index in [0.717, 1.165) is 6.07 Å². The second kappa shape index (κ2) is 7.37. The van der Waals surface area contributed by atoms with Crippen LogP contribution in [0.15, 0.2) is 18.2 Å². The molecule has 0 saturated carbocycles. The summed E-state index contributed by atoms with van der Waals surface area (Å²) < 4.78 is 81.1. The van der Waals surface area contributed by atoms with Crippen LogP contribution >= 0.6 is 0 Å². The van der Waals surface area contributed by atoms with Crippen molar-refractivity contribution in [3.8, 4) is 17.2 Å². The zero-order valence-corrected chi connectivity index (χ0v) is 13.0. The molecule has 2 rings (SSSR count). The van der Waals surface area contributed by atoms with E-state index in [1.807, 2.05) is 0 Å². The van der Waals surface area contributed by atoms with Crippen molar-refractivity contribution in [3.63, 3.8) is 0 Å². The maximum absolute atomic E-state index is 13.7. The fourth-order valence-corrected chi connectivity index (χ4v) is 1.93. The summed E-state index contributed by atoms with van der Waals surface area (Å²) in [6.45, 7) is 0. The van der Waals surface area contributed by atoms with Crippen LogP contribution in [0, 0.1) is 29.1 Å². The van der Waals surface area contributed by atoms with E-state index in [4.69, 9.17) is 9.47 Å². The number of methoxy groups -OCH3 is 2. The molecule has 4 nitrogen and oxygen atoms in total. The van der Waals surface area contributed by atoms with Crippen LogP contribution in [0.3, 0.4) is 0 Å². The molecule has 0 atom stereocenters. The van der Waals surface area contributed by atoms with E-state index in [2.05, 4.69) is 4.74 Å². The monoisotopic (exact) mass is 362 g/mol. The first kappa shape index (κ1) is 18.5. The molecule has 0 amide bonds. The Hall–Kier alpha value is -2.84. The average molecular weight is 362 g/mol. The van der Waals surface area contributed by atoms with Crippen molar-refractivity contribution in [3.05, 3.63) is 52.8 Å². The number of ether oxygens (including phenoxy) is 3. The third kappa shape index (κ3) is 3.65. The van der Waals surface area contributed by atoms with Gasteiger partial charge in [0.05, 0.1) is 20.6 Å². The van der Waals surface area contributed by atoms with Gasteiger partial charge in [-0.05, 0) is 17.7 Å². The molecule has 9 heteroatoms. The topological polar surface area (TPSA) is 44.8 Å². The zero-order valence-electron chi connectivity index (χ0n) is 13.0. The van der Waals surface area contributed by atoms with E-state index < -0.39 is 40.8 Å². The Kier molecular flexibility index (Phi) is 5.45. The molecular formula is C16H11F5O4. The number of halogens is 5. The summed E-state index contributed by atoms with van der Waals surface area (Å²) in [5.41, 5.74) is 0.425. The van der Waals surface area contributed by atoms with Gasteiger partial charge in [0.25, 0.3) is 0 Å². The number of carbonyl (C=O) groups is 1. The number of hydrogen-bond acceptors (Lipinski definition) is 4. The van der Waals surface area contributed by atoms with Crippen molar-refractivity contribution in [1.82, 2.24) is 0 Å². The molecule has 0 N–H and O–H groups in total. The molecule has 0 fully saturated rings. The molecule has 0 aliphatic heterocycles. The van der Waals surface area contributed by atoms with Crippen molar-refractivity contribution < 1.29 is 41.0 Å². The molecule has 0 bridgehead atoms. The molecule has 2 aromatic carbocycles. The van der Waals surface area contributed by atoms with Gasteiger partial charge in [-0.3, -0.25) is 4.79 Å². The lowest BCUT2D eigenvalue weighted by atomic mass is 10.1. The van der Waals surface area contributed by atoms with Gasteiger partial charge in [0, 0.05) is 0 Å². The largest absolute Gasteiger partial charge is 0.493 e. The summed E-state index contributed by atoms with van der Waals surface area (Å²) in [6.07, 6.45) is -0.115. The number of rotatable bonds is 5. The van der Waals surface area contributed by atoms with E-state index >= 15 is 0 Å². The van der Waals surface area contributed by atoms with Gasteiger partial charge >= 0.3 is 5.97 Å². The maximum Gasteiger partial charge on any atom is 0.309 e. The standard InChI is InChI=1S/C16H11F5O4/c1-23-9-5-7(6-10(22)24-2)3-4-8(9)25-16-14(20)12(18)11(17)13(19)15(16)21/h3-5H,6H2,1-2H3. The van der Waals surface area contributed by atoms with E-state index in [1.54, 1.807) is 0 Å². The lowest BCUT2D eigenvalue weighted by Gasteiger charge is -2.13. The van der Waals surface area contributed by atoms with Gasteiger partial charge in [-0.2, -0.15) is 8.78 Å². The van der Waals surface area contributed by atoms with Crippen molar-refractivity contribution in [2.45, 2.75) is 6.42 Å². The summed E-state index contributed by atoms with van der Waals surface area (Å²) in [6, 6.07) is 3.81. The van der Waals surface area contributed by atoms with Gasteiger partial charge < -0.3 is 14.2 Å². The smallest absolute Gasteiger partial charge is 0.309 e. The molecule has 0 heterocycles. The Balaban J connectivity index is 2.43.